The van der Waals surface area contributed by atoms with E-state index < -0.39 is 0 Å². The first-order chi connectivity index (χ1) is 26.2. The lowest BCUT2D eigenvalue weighted by Crippen LogP contribution is -2.20. The number of hydrogen-bond donors (Lipinski definition) is 0. The maximum Gasteiger partial charge on any atom is 0.263 e. The quantitative estimate of drug-likeness (QED) is 0.174. The largest absolute Gasteiger partial charge is 0.309 e. The summed E-state index contributed by atoms with van der Waals surface area (Å²) in [4.78, 5) is 24.0. The number of aromatic nitrogens is 5. The molecule has 0 aliphatic rings. The van der Waals surface area contributed by atoms with Gasteiger partial charge in [0.2, 0.25) is 5.95 Å². The second kappa shape index (κ2) is 11.4. The Balaban J connectivity index is 1.12. The summed E-state index contributed by atoms with van der Waals surface area (Å²) in [5.41, 5.74) is 9.89. The molecule has 6 nitrogen and oxygen atoms in total. The number of fused-ring (bicyclic) bond motifs is 9. The fraction of sp³-hybridized carbons (Fsp3) is 0. The van der Waals surface area contributed by atoms with Crippen molar-refractivity contribution in [3.63, 3.8) is 0 Å². The van der Waals surface area contributed by atoms with Crippen molar-refractivity contribution in [3.8, 4) is 28.5 Å². The first kappa shape index (κ1) is 29.4. The highest BCUT2D eigenvalue weighted by Gasteiger charge is 2.19. The summed E-state index contributed by atoms with van der Waals surface area (Å²) in [7, 11) is 0. The van der Waals surface area contributed by atoms with Gasteiger partial charge in [-0.1, -0.05) is 103 Å². The van der Waals surface area contributed by atoms with Gasteiger partial charge in [0.15, 0.2) is 0 Å². The number of pyridine rings is 1. The highest BCUT2D eigenvalue weighted by atomic mass is 16.1. The third-order valence-corrected chi connectivity index (χ3v) is 10.5. The Bertz CT molecular complexity index is 3300. The molecule has 6 heteroatoms. The molecule has 11 rings (SSSR count). The van der Waals surface area contributed by atoms with Crippen molar-refractivity contribution < 1.29 is 0 Å². The van der Waals surface area contributed by atoms with E-state index in [4.69, 9.17) is 9.97 Å². The summed E-state index contributed by atoms with van der Waals surface area (Å²) in [6.45, 7) is 0. The molecule has 0 bridgehead atoms. The van der Waals surface area contributed by atoms with Crippen LogP contribution in [0.15, 0.2) is 181 Å². The molecule has 248 valence electrons. The van der Waals surface area contributed by atoms with Gasteiger partial charge in [0, 0.05) is 43.7 Å². The van der Waals surface area contributed by atoms with Crippen molar-refractivity contribution in [1.82, 2.24) is 23.7 Å². The van der Waals surface area contributed by atoms with Gasteiger partial charge in [0.05, 0.1) is 33.8 Å². The molecule has 11 aromatic rings. The van der Waals surface area contributed by atoms with Crippen molar-refractivity contribution in [2.24, 2.45) is 0 Å². The lowest BCUT2D eigenvalue weighted by atomic mass is 10.0. The molecule has 0 radical (unpaired) electrons. The lowest BCUT2D eigenvalue weighted by molar-refractivity contribution is 0.986. The molecule has 4 aromatic heterocycles. The molecule has 0 N–H and O–H groups in total. The van der Waals surface area contributed by atoms with Crippen molar-refractivity contribution in [2.45, 2.75) is 0 Å². The predicted molar refractivity (Wildman–Crippen MR) is 217 cm³/mol. The molecule has 0 spiro atoms. The minimum absolute atomic E-state index is 0.0946. The highest BCUT2D eigenvalue weighted by molar-refractivity contribution is 6.13. The van der Waals surface area contributed by atoms with E-state index in [-0.39, 0.29) is 5.56 Å². The zero-order valence-electron chi connectivity index (χ0n) is 28.4. The SMILES string of the molecule is O=c1c2ccccc2c2nc(-n3c4ccccc4c4cc(-c5ccc6c(c5)c5ccccc5n6-c5ccccc5)ccc43)ncc2n1-c1ccccc1. The van der Waals surface area contributed by atoms with E-state index in [2.05, 4.69) is 124 Å². The van der Waals surface area contributed by atoms with E-state index in [9.17, 15) is 4.79 Å². The van der Waals surface area contributed by atoms with Crippen LogP contribution in [0.5, 0.6) is 0 Å². The molecule has 0 aliphatic heterocycles. The summed E-state index contributed by atoms with van der Waals surface area (Å²) in [6, 6.07) is 58.4. The Morgan fingerprint density at radius 1 is 0.377 bits per heavy atom. The number of para-hydroxylation sites is 4. The fourth-order valence-corrected chi connectivity index (χ4v) is 8.15. The van der Waals surface area contributed by atoms with Crippen molar-refractivity contribution in [3.05, 3.63) is 186 Å². The molecule has 7 aromatic carbocycles. The van der Waals surface area contributed by atoms with Crippen LogP contribution in [0.2, 0.25) is 0 Å². The van der Waals surface area contributed by atoms with Gasteiger partial charge in [0.25, 0.3) is 5.56 Å². The minimum atomic E-state index is -0.0946. The summed E-state index contributed by atoms with van der Waals surface area (Å²) < 4.78 is 6.20. The summed E-state index contributed by atoms with van der Waals surface area (Å²) >= 11 is 0. The average molecular weight is 680 g/mol. The van der Waals surface area contributed by atoms with Crippen LogP contribution < -0.4 is 5.56 Å². The summed E-state index contributed by atoms with van der Waals surface area (Å²) in [5.74, 6) is 0.551. The van der Waals surface area contributed by atoms with Crippen LogP contribution in [-0.4, -0.2) is 23.7 Å². The Hall–Kier alpha value is -7.31. The van der Waals surface area contributed by atoms with Gasteiger partial charge in [0.1, 0.15) is 5.52 Å². The van der Waals surface area contributed by atoms with Gasteiger partial charge in [-0.2, -0.15) is 0 Å². The Morgan fingerprint density at radius 2 is 0.849 bits per heavy atom. The van der Waals surface area contributed by atoms with Crippen LogP contribution in [-0.2, 0) is 0 Å². The van der Waals surface area contributed by atoms with E-state index in [0.29, 0.717) is 16.9 Å². The topological polar surface area (TPSA) is 57.6 Å². The van der Waals surface area contributed by atoms with Gasteiger partial charge in [-0.05, 0) is 77.9 Å². The number of nitrogens with zero attached hydrogens (tertiary/aromatic N) is 5. The van der Waals surface area contributed by atoms with Crippen molar-refractivity contribution >= 4 is 65.4 Å². The van der Waals surface area contributed by atoms with E-state index in [1.807, 2.05) is 54.6 Å². The van der Waals surface area contributed by atoms with Crippen molar-refractivity contribution in [1.29, 1.82) is 0 Å². The minimum Gasteiger partial charge on any atom is -0.309 e. The van der Waals surface area contributed by atoms with E-state index in [1.165, 1.54) is 21.8 Å². The molecule has 0 atom stereocenters. The molecule has 0 amide bonds. The second-order valence-corrected chi connectivity index (χ2v) is 13.4. The monoisotopic (exact) mass is 679 g/mol. The van der Waals surface area contributed by atoms with Gasteiger partial charge < -0.3 is 4.57 Å². The van der Waals surface area contributed by atoms with Crippen LogP contribution in [0.1, 0.15) is 0 Å². The molecular weight excluding hydrogens is 651 g/mol. The standard InChI is InChI=1S/C47H29N5O/c53-46-37-20-8-7-19-36(37)45-44(51(46)33-15-5-2-6-16-33)29-48-47(49-45)52-41-22-12-10-18-35(41)39-28-31(24-26-43(39)52)30-23-25-42-38(27-30)34-17-9-11-21-40(34)50(42)32-13-3-1-4-14-32/h1-29H. The van der Waals surface area contributed by atoms with Gasteiger partial charge in [-0.3, -0.25) is 13.9 Å². The number of hydrogen-bond acceptors (Lipinski definition) is 3. The van der Waals surface area contributed by atoms with Gasteiger partial charge >= 0.3 is 0 Å². The van der Waals surface area contributed by atoms with Crippen molar-refractivity contribution in [2.75, 3.05) is 0 Å². The molecule has 0 fully saturated rings. The molecule has 0 unspecified atom stereocenters. The smallest absolute Gasteiger partial charge is 0.263 e. The number of benzene rings is 7. The molecule has 0 saturated carbocycles. The predicted octanol–water partition coefficient (Wildman–Crippen LogP) is 10.8. The Morgan fingerprint density at radius 3 is 1.47 bits per heavy atom. The van der Waals surface area contributed by atoms with Gasteiger partial charge in [-0.25, -0.2) is 9.97 Å². The molecule has 0 aliphatic carbocycles. The van der Waals surface area contributed by atoms with Crippen LogP contribution in [0, 0.1) is 0 Å². The summed E-state index contributed by atoms with van der Waals surface area (Å²) in [6.07, 6.45) is 1.79. The normalized spacial score (nSPS) is 11.8. The average Bonchev–Trinajstić information content (AvgIpc) is 3.74. The maximum atomic E-state index is 13.9. The maximum absolute atomic E-state index is 13.9. The zero-order valence-corrected chi connectivity index (χ0v) is 28.4. The van der Waals surface area contributed by atoms with E-state index >= 15 is 0 Å². The van der Waals surface area contributed by atoms with E-state index in [1.54, 1.807) is 10.8 Å². The summed E-state index contributed by atoms with van der Waals surface area (Å²) in [5, 5.41) is 6.10. The first-order valence-electron chi connectivity index (χ1n) is 17.7. The molecule has 53 heavy (non-hydrogen) atoms. The number of rotatable bonds is 4. The highest BCUT2D eigenvalue weighted by Crippen LogP contribution is 2.38. The Kier molecular flexibility index (Phi) is 6.30. The fourth-order valence-electron chi connectivity index (χ4n) is 8.15. The molecule has 0 saturated heterocycles. The lowest BCUT2D eigenvalue weighted by Gasteiger charge is -2.14. The van der Waals surface area contributed by atoms with Gasteiger partial charge in [-0.15, -0.1) is 0 Å². The van der Waals surface area contributed by atoms with Crippen LogP contribution in [0.3, 0.4) is 0 Å². The molecular formula is C47H29N5O. The zero-order chi connectivity index (χ0) is 35.0. The third kappa shape index (κ3) is 4.36. The first-order valence-corrected chi connectivity index (χ1v) is 17.7. The Labute approximate surface area is 303 Å². The van der Waals surface area contributed by atoms with Crippen LogP contribution >= 0.6 is 0 Å². The van der Waals surface area contributed by atoms with E-state index in [0.717, 1.165) is 55.2 Å². The van der Waals surface area contributed by atoms with Crippen LogP contribution in [0.25, 0.3) is 93.9 Å². The second-order valence-electron chi connectivity index (χ2n) is 13.4. The molecule has 4 heterocycles. The van der Waals surface area contributed by atoms with Crippen LogP contribution in [0.4, 0.5) is 0 Å². The third-order valence-electron chi connectivity index (χ3n) is 10.5.